The van der Waals surface area contributed by atoms with Crippen LogP contribution >= 0.6 is 0 Å². The predicted molar refractivity (Wildman–Crippen MR) is 89.7 cm³/mol. The van der Waals surface area contributed by atoms with E-state index in [-0.39, 0.29) is 0 Å². The van der Waals surface area contributed by atoms with Crippen LogP contribution in [0.4, 0.5) is 0 Å². The van der Waals surface area contributed by atoms with E-state index < -0.39 is 0 Å². The molecule has 0 saturated carbocycles. The summed E-state index contributed by atoms with van der Waals surface area (Å²) in [7, 11) is 0. The van der Waals surface area contributed by atoms with E-state index in [4.69, 9.17) is 0 Å². The highest BCUT2D eigenvalue weighted by atomic mass is 13.9. The lowest BCUT2D eigenvalue weighted by atomic mass is 10.1. The molecule has 0 nitrogen and oxygen atoms in total. The molecule has 0 radical (unpaired) electrons. The van der Waals surface area contributed by atoms with Gasteiger partial charge in [-0.2, -0.15) is 0 Å². The van der Waals surface area contributed by atoms with Crippen molar-refractivity contribution in [3.05, 3.63) is 71.8 Å². The van der Waals surface area contributed by atoms with Gasteiger partial charge in [-0.05, 0) is 37.1 Å². The normalized spacial score (nSPS) is 9.14. The quantitative estimate of drug-likeness (QED) is 0.540. The van der Waals surface area contributed by atoms with Crippen LogP contribution in [0.15, 0.2) is 60.7 Å². The monoisotopic (exact) mass is 272 g/mol. The average Bonchev–Trinajstić information content (AvgIpc) is 2.55. The average molecular weight is 272 g/mol. The Morgan fingerprint density at radius 2 is 0.952 bits per heavy atom. The van der Waals surface area contributed by atoms with Crippen LogP contribution in [0.25, 0.3) is 0 Å². The number of hydrogen-bond donors (Lipinski definition) is 0. The van der Waals surface area contributed by atoms with Crippen LogP contribution in [0.3, 0.4) is 0 Å². The standard InChI is InChI=1S/C21H20/c1(2-4-8-14-20-16-10-6-11-17-20)3-5-9-15-21-18-12-7-13-19-21/h6-7,10-13,16-19H,1-5H2. The lowest BCUT2D eigenvalue weighted by Crippen LogP contribution is -1.77. The zero-order chi connectivity index (χ0) is 14.6. The molecule has 0 bridgehead atoms. The number of hydrogen-bond acceptors (Lipinski definition) is 0. The first-order valence-electron chi connectivity index (χ1n) is 7.53. The summed E-state index contributed by atoms with van der Waals surface area (Å²) in [6.07, 6.45) is 5.47. The van der Waals surface area contributed by atoms with Gasteiger partial charge in [0.1, 0.15) is 0 Å². The van der Waals surface area contributed by atoms with Crippen molar-refractivity contribution in [1.82, 2.24) is 0 Å². The summed E-state index contributed by atoms with van der Waals surface area (Å²) in [5, 5.41) is 0. The molecule has 0 atom stereocenters. The minimum Gasteiger partial charge on any atom is -0.0979 e. The fourth-order valence-corrected chi connectivity index (χ4v) is 1.98. The summed E-state index contributed by atoms with van der Waals surface area (Å²) in [6, 6.07) is 20.3. The van der Waals surface area contributed by atoms with E-state index >= 15 is 0 Å². The summed E-state index contributed by atoms with van der Waals surface area (Å²) >= 11 is 0. The van der Waals surface area contributed by atoms with Gasteiger partial charge in [-0.3, -0.25) is 0 Å². The molecular formula is C21H20. The molecule has 0 unspecified atom stereocenters. The van der Waals surface area contributed by atoms with E-state index in [0.717, 1.165) is 36.8 Å². The van der Waals surface area contributed by atoms with Gasteiger partial charge in [-0.1, -0.05) is 66.5 Å². The molecule has 2 rings (SSSR count). The van der Waals surface area contributed by atoms with Crippen LogP contribution in [0.5, 0.6) is 0 Å². The Morgan fingerprint density at radius 1 is 0.524 bits per heavy atom. The van der Waals surface area contributed by atoms with Gasteiger partial charge in [0.05, 0.1) is 0 Å². The van der Waals surface area contributed by atoms with Gasteiger partial charge in [-0.15, -0.1) is 0 Å². The van der Waals surface area contributed by atoms with Gasteiger partial charge in [0.15, 0.2) is 0 Å². The van der Waals surface area contributed by atoms with Gasteiger partial charge < -0.3 is 0 Å². The molecule has 0 aromatic heterocycles. The minimum absolute atomic E-state index is 0.973. The smallest absolute Gasteiger partial charge is 0.0245 e. The molecule has 104 valence electrons. The third-order valence-electron chi connectivity index (χ3n) is 3.12. The molecule has 0 heteroatoms. The summed E-state index contributed by atoms with van der Waals surface area (Å²) in [6.45, 7) is 0. The van der Waals surface area contributed by atoms with Crippen LogP contribution in [-0.4, -0.2) is 0 Å². The Kier molecular flexibility index (Phi) is 6.74. The Hall–Kier alpha value is -2.44. The highest BCUT2D eigenvalue weighted by Gasteiger charge is 1.87. The molecule has 2 aromatic rings. The zero-order valence-corrected chi connectivity index (χ0v) is 12.3. The summed E-state index contributed by atoms with van der Waals surface area (Å²) < 4.78 is 0. The third kappa shape index (κ3) is 6.51. The number of unbranched alkanes of at least 4 members (excludes halogenated alkanes) is 4. The highest BCUT2D eigenvalue weighted by Crippen LogP contribution is 2.03. The van der Waals surface area contributed by atoms with E-state index in [1.54, 1.807) is 0 Å². The summed E-state index contributed by atoms with van der Waals surface area (Å²) in [5.74, 6) is 12.8. The number of benzene rings is 2. The number of rotatable bonds is 4. The van der Waals surface area contributed by atoms with Crippen molar-refractivity contribution in [2.45, 2.75) is 32.1 Å². The zero-order valence-electron chi connectivity index (χ0n) is 12.3. The Bertz CT molecular complexity index is 571. The van der Waals surface area contributed by atoms with E-state index in [1.807, 2.05) is 60.7 Å². The van der Waals surface area contributed by atoms with E-state index in [2.05, 4.69) is 23.7 Å². The lowest BCUT2D eigenvalue weighted by Gasteiger charge is -1.93. The molecule has 0 spiro atoms. The van der Waals surface area contributed by atoms with Crippen molar-refractivity contribution in [1.29, 1.82) is 0 Å². The molecule has 0 aliphatic carbocycles. The van der Waals surface area contributed by atoms with Crippen molar-refractivity contribution < 1.29 is 0 Å². The van der Waals surface area contributed by atoms with E-state index in [0.29, 0.717) is 0 Å². The molecule has 21 heavy (non-hydrogen) atoms. The molecule has 0 fully saturated rings. The first kappa shape index (κ1) is 15.0. The summed E-state index contributed by atoms with van der Waals surface area (Å²) in [5.41, 5.74) is 2.21. The van der Waals surface area contributed by atoms with Crippen LogP contribution in [0.1, 0.15) is 43.2 Å². The first-order chi connectivity index (χ1) is 10.4. The first-order valence-corrected chi connectivity index (χ1v) is 7.53. The fourth-order valence-electron chi connectivity index (χ4n) is 1.98. The van der Waals surface area contributed by atoms with Crippen LogP contribution in [0, 0.1) is 23.7 Å². The maximum absolute atomic E-state index is 3.23. The third-order valence-corrected chi connectivity index (χ3v) is 3.12. The van der Waals surface area contributed by atoms with Crippen molar-refractivity contribution in [3.63, 3.8) is 0 Å². The molecular weight excluding hydrogens is 252 g/mol. The molecule has 0 N–H and O–H groups in total. The van der Waals surface area contributed by atoms with E-state index in [1.165, 1.54) is 6.42 Å². The van der Waals surface area contributed by atoms with Crippen LogP contribution < -0.4 is 0 Å². The Morgan fingerprint density at radius 3 is 1.38 bits per heavy atom. The van der Waals surface area contributed by atoms with Gasteiger partial charge in [0.2, 0.25) is 0 Å². The van der Waals surface area contributed by atoms with Gasteiger partial charge in [0.25, 0.3) is 0 Å². The fraction of sp³-hybridized carbons (Fsp3) is 0.238. The maximum Gasteiger partial charge on any atom is 0.0245 e. The van der Waals surface area contributed by atoms with Crippen LogP contribution in [0.2, 0.25) is 0 Å². The minimum atomic E-state index is 0.973. The van der Waals surface area contributed by atoms with Crippen molar-refractivity contribution in [3.8, 4) is 23.7 Å². The second kappa shape index (κ2) is 9.46. The maximum atomic E-state index is 3.23. The molecule has 2 aromatic carbocycles. The summed E-state index contributed by atoms with van der Waals surface area (Å²) in [4.78, 5) is 0. The lowest BCUT2D eigenvalue weighted by molar-refractivity contribution is 0.709. The Balaban J connectivity index is 1.57. The van der Waals surface area contributed by atoms with E-state index in [9.17, 15) is 0 Å². The van der Waals surface area contributed by atoms with Crippen molar-refractivity contribution in [2.24, 2.45) is 0 Å². The van der Waals surface area contributed by atoms with Crippen LogP contribution in [-0.2, 0) is 0 Å². The molecule has 0 heterocycles. The highest BCUT2D eigenvalue weighted by molar-refractivity contribution is 5.34. The van der Waals surface area contributed by atoms with Crippen molar-refractivity contribution >= 4 is 0 Å². The topological polar surface area (TPSA) is 0 Å². The molecule has 0 amide bonds. The molecule has 0 aliphatic heterocycles. The van der Waals surface area contributed by atoms with Gasteiger partial charge in [-0.25, -0.2) is 0 Å². The SMILES string of the molecule is C(#Cc1ccccc1)CCCCCC#Cc1ccccc1. The van der Waals surface area contributed by atoms with Gasteiger partial charge >= 0.3 is 0 Å². The predicted octanol–water partition coefficient (Wildman–Crippen LogP) is 5.04. The largest absolute Gasteiger partial charge is 0.0979 e. The Labute approximate surface area is 128 Å². The second-order valence-corrected chi connectivity index (χ2v) is 4.90. The second-order valence-electron chi connectivity index (χ2n) is 4.90. The van der Waals surface area contributed by atoms with Gasteiger partial charge in [0, 0.05) is 24.0 Å². The molecule has 0 saturated heterocycles. The molecule has 0 aliphatic rings. The van der Waals surface area contributed by atoms with Crippen molar-refractivity contribution in [2.75, 3.05) is 0 Å².